The van der Waals surface area contributed by atoms with Crippen LogP contribution in [0.15, 0.2) is 54.6 Å². The molecule has 1 atom stereocenters. The number of nitrogens with two attached hydrogens (primary N) is 1. The third kappa shape index (κ3) is 4.91. The van der Waals surface area contributed by atoms with Crippen molar-refractivity contribution in [2.75, 3.05) is 11.4 Å². The lowest BCUT2D eigenvalue weighted by molar-refractivity contribution is 0.666. The first kappa shape index (κ1) is 15.6. The van der Waals surface area contributed by atoms with Gasteiger partial charge in [-0.15, -0.1) is 0 Å². The van der Waals surface area contributed by atoms with Crippen LogP contribution in [0.25, 0.3) is 0 Å². The summed E-state index contributed by atoms with van der Waals surface area (Å²) < 4.78 is 0. The van der Waals surface area contributed by atoms with Gasteiger partial charge >= 0.3 is 0 Å². The van der Waals surface area contributed by atoms with Crippen LogP contribution in [0.1, 0.15) is 31.4 Å². The number of rotatable bonds is 7. The zero-order valence-corrected chi connectivity index (χ0v) is 13.1. The molecule has 0 saturated carbocycles. The van der Waals surface area contributed by atoms with Gasteiger partial charge < -0.3 is 10.6 Å². The predicted molar refractivity (Wildman–Crippen MR) is 91.6 cm³/mol. The molecular formula is C19H26N2. The molecule has 0 radical (unpaired) electrons. The first-order valence-corrected chi connectivity index (χ1v) is 7.82. The molecule has 0 aliphatic rings. The third-order valence-electron chi connectivity index (χ3n) is 3.79. The van der Waals surface area contributed by atoms with Crippen LogP contribution in [0.4, 0.5) is 5.69 Å². The Morgan fingerprint density at radius 2 is 1.62 bits per heavy atom. The molecule has 2 heteroatoms. The molecule has 0 aliphatic carbocycles. The average molecular weight is 282 g/mol. The zero-order chi connectivity index (χ0) is 15.1. The standard InChI is InChI=1S/C19H26N2/c1-3-21(15-18-7-5-4-6-8-18)19-13-11-17(12-14-19)10-9-16(2)20/h4-8,11-14,16H,3,9-10,15,20H2,1-2H3. The van der Waals surface area contributed by atoms with Crippen molar-refractivity contribution < 1.29 is 0 Å². The molecule has 2 N–H and O–H groups in total. The summed E-state index contributed by atoms with van der Waals surface area (Å²) in [6, 6.07) is 19.8. The Morgan fingerprint density at radius 1 is 0.952 bits per heavy atom. The lowest BCUT2D eigenvalue weighted by Crippen LogP contribution is -2.21. The van der Waals surface area contributed by atoms with Crippen LogP contribution < -0.4 is 10.6 Å². The minimum absolute atomic E-state index is 0.273. The summed E-state index contributed by atoms with van der Waals surface area (Å²) in [5.41, 5.74) is 9.82. The molecule has 2 aromatic carbocycles. The van der Waals surface area contributed by atoms with Crippen LogP contribution >= 0.6 is 0 Å². The van der Waals surface area contributed by atoms with Gasteiger partial charge in [0.1, 0.15) is 0 Å². The van der Waals surface area contributed by atoms with Gasteiger partial charge in [0.25, 0.3) is 0 Å². The Kier molecular flexibility index (Phi) is 5.82. The molecule has 2 nitrogen and oxygen atoms in total. The second-order valence-corrected chi connectivity index (χ2v) is 5.68. The van der Waals surface area contributed by atoms with E-state index in [4.69, 9.17) is 5.73 Å². The number of anilines is 1. The van der Waals surface area contributed by atoms with E-state index >= 15 is 0 Å². The maximum absolute atomic E-state index is 5.82. The van der Waals surface area contributed by atoms with E-state index in [0.29, 0.717) is 0 Å². The predicted octanol–water partition coefficient (Wildman–Crippen LogP) is 3.99. The van der Waals surface area contributed by atoms with E-state index in [-0.39, 0.29) is 6.04 Å². The molecule has 0 saturated heterocycles. The SMILES string of the molecule is CCN(Cc1ccccc1)c1ccc(CCC(C)N)cc1. The Labute approximate surface area is 128 Å². The number of aryl methyl sites for hydroxylation is 1. The molecule has 0 bridgehead atoms. The number of hydrogen-bond acceptors (Lipinski definition) is 2. The Bertz CT molecular complexity index is 517. The number of hydrogen-bond donors (Lipinski definition) is 1. The number of nitrogens with zero attached hydrogens (tertiary/aromatic N) is 1. The molecule has 0 amide bonds. The molecule has 0 spiro atoms. The first-order chi connectivity index (χ1) is 10.2. The lowest BCUT2D eigenvalue weighted by atomic mass is 10.1. The van der Waals surface area contributed by atoms with E-state index in [1.807, 2.05) is 0 Å². The minimum Gasteiger partial charge on any atom is -0.367 e. The molecule has 0 fully saturated rings. The fourth-order valence-electron chi connectivity index (χ4n) is 2.46. The smallest absolute Gasteiger partial charge is 0.0429 e. The van der Waals surface area contributed by atoms with E-state index in [1.165, 1.54) is 16.8 Å². The highest BCUT2D eigenvalue weighted by molar-refractivity contribution is 5.48. The third-order valence-corrected chi connectivity index (χ3v) is 3.79. The quantitative estimate of drug-likeness (QED) is 0.832. The molecule has 1 unspecified atom stereocenters. The van der Waals surface area contributed by atoms with Gasteiger partial charge in [-0.05, 0) is 49.9 Å². The van der Waals surface area contributed by atoms with E-state index in [9.17, 15) is 0 Å². The van der Waals surface area contributed by atoms with Gasteiger partial charge in [0.15, 0.2) is 0 Å². The van der Waals surface area contributed by atoms with Crippen LogP contribution in [0, 0.1) is 0 Å². The Hall–Kier alpha value is -1.80. The van der Waals surface area contributed by atoms with Gasteiger partial charge in [0.05, 0.1) is 0 Å². The summed E-state index contributed by atoms with van der Waals surface area (Å²) in [7, 11) is 0. The van der Waals surface area contributed by atoms with Gasteiger partial charge in [0.2, 0.25) is 0 Å². The van der Waals surface area contributed by atoms with Crippen molar-refractivity contribution in [1.82, 2.24) is 0 Å². The molecular weight excluding hydrogens is 256 g/mol. The van der Waals surface area contributed by atoms with Crippen LogP contribution in [0.2, 0.25) is 0 Å². The summed E-state index contributed by atoms with van der Waals surface area (Å²) in [4.78, 5) is 2.39. The largest absolute Gasteiger partial charge is 0.367 e. The van der Waals surface area contributed by atoms with Crippen molar-refractivity contribution in [2.45, 2.75) is 39.3 Å². The van der Waals surface area contributed by atoms with Gasteiger partial charge in [-0.25, -0.2) is 0 Å². The zero-order valence-electron chi connectivity index (χ0n) is 13.1. The van der Waals surface area contributed by atoms with E-state index in [0.717, 1.165) is 25.9 Å². The summed E-state index contributed by atoms with van der Waals surface area (Å²) >= 11 is 0. The van der Waals surface area contributed by atoms with Crippen molar-refractivity contribution in [3.63, 3.8) is 0 Å². The van der Waals surface area contributed by atoms with E-state index < -0.39 is 0 Å². The molecule has 0 aromatic heterocycles. The van der Waals surface area contributed by atoms with Crippen molar-refractivity contribution in [1.29, 1.82) is 0 Å². The minimum atomic E-state index is 0.273. The Morgan fingerprint density at radius 3 is 2.19 bits per heavy atom. The highest BCUT2D eigenvalue weighted by Crippen LogP contribution is 2.18. The molecule has 0 aliphatic heterocycles. The van der Waals surface area contributed by atoms with Gasteiger partial charge in [-0.2, -0.15) is 0 Å². The monoisotopic (exact) mass is 282 g/mol. The summed E-state index contributed by atoms with van der Waals surface area (Å²) in [6.45, 7) is 6.23. The molecule has 2 aromatic rings. The van der Waals surface area contributed by atoms with Crippen molar-refractivity contribution >= 4 is 5.69 Å². The summed E-state index contributed by atoms with van der Waals surface area (Å²) in [5, 5.41) is 0. The van der Waals surface area contributed by atoms with Crippen molar-refractivity contribution in [2.24, 2.45) is 5.73 Å². The van der Waals surface area contributed by atoms with Crippen LogP contribution in [-0.4, -0.2) is 12.6 Å². The summed E-state index contributed by atoms with van der Waals surface area (Å²) in [5.74, 6) is 0. The maximum atomic E-state index is 5.82. The second-order valence-electron chi connectivity index (χ2n) is 5.68. The van der Waals surface area contributed by atoms with Crippen molar-refractivity contribution in [3.8, 4) is 0 Å². The molecule has 112 valence electrons. The van der Waals surface area contributed by atoms with Gasteiger partial charge in [0, 0.05) is 24.8 Å². The molecule has 2 rings (SSSR count). The maximum Gasteiger partial charge on any atom is 0.0429 e. The summed E-state index contributed by atoms with van der Waals surface area (Å²) in [6.07, 6.45) is 2.10. The van der Waals surface area contributed by atoms with Crippen molar-refractivity contribution in [3.05, 3.63) is 65.7 Å². The average Bonchev–Trinajstić information content (AvgIpc) is 2.52. The first-order valence-electron chi connectivity index (χ1n) is 7.82. The topological polar surface area (TPSA) is 29.3 Å². The normalized spacial score (nSPS) is 12.1. The highest BCUT2D eigenvalue weighted by Gasteiger charge is 2.05. The second kappa shape index (κ2) is 7.84. The van der Waals surface area contributed by atoms with Crippen LogP contribution in [0.3, 0.4) is 0 Å². The van der Waals surface area contributed by atoms with Gasteiger partial charge in [-0.1, -0.05) is 42.5 Å². The van der Waals surface area contributed by atoms with E-state index in [1.54, 1.807) is 0 Å². The fourth-order valence-corrected chi connectivity index (χ4v) is 2.46. The fraction of sp³-hybridized carbons (Fsp3) is 0.368. The molecule has 0 heterocycles. The van der Waals surface area contributed by atoms with Gasteiger partial charge in [-0.3, -0.25) is 0 Å². The lowest BCUT2D eigenvalue weighted by Gasteiger charge is -2.23. The van der Waals surface area contributed by atoms with Crippen LogP contribution in [0.5, 0.6) is 0 Å². The highest BCUT2D eigenvalue weighted by atomic mass is 15.1. The van der Waals surface area contributed by atoms with Crippen LogP contribution in [-0.2, 0) is 13.0 Å². The Balaban J connectivity index is 2.01. The van der Waals surface area contributed by atoms with E-state index in [2.05, 4.69) is 73.3 Å². The number of benzene rings is 2. The molecule has 21 heavy (non-hydrogen) atoms.